The lowest BCUT2D eigenvalue weighted by atomic mass is 10.1. The number of pyridine rings is 1. The topological polar surface area (TPSA) is 67.6 Å². The molecule has 108 valence electrons. The van der Waals surface area contributed by atoms with Gasteiger partial charge in [-0.25, -0.2) is 9.97 Å². The van der Waals surface area contributed by atoms with Gasteiger partial charge in [-0.1, -0.05) is 30.3 Å². The fraction of sp³-hybridized carbons (Fsp3) is 0.0588. The molecule has 0 saturated carbocycles. The van der Waals surface area contributed by atoms with Crippen molar-refractivity contribution in [3.05, 3.63) is 66.0 Å². The second kappa shape index (κ2) is 5.27. The molecule has 0 amide bonds. The number of H-pyrrole nitrogens is 1. The van der Waals surface area contributed by atoms with Crippen LogP contribution in [0.15, 0.2) is 54.9 Å². The standard InChI is InChI=1S/C17H14N4S/c18-15-13(7-4-8-19-15)17-21-16-14(22-17)12(10-20-16)9-11-5-2-1-3-6-11/h1-8,10,20H,9H2,(H2,18,19). The number of nitrogen functional groups attached to an aromatic ring is 1. The van der Waals surface area contributed by atoms with Crippen molar-refractivity contribution in [3.63, 3.8) is 0 Å². The van der Waals surface area contributed by atoms with Gasteiger partial charge in [0.25, 0.3) is 0 Å². The van der Waals surface area contributed by atoms with Crippen LogP contribution in [0.3, 0.4) is 0 Å². The van der Waals surface area contributed by atoms with Crippen LogP contribution in [-0.4, -0.2) is 15.0 Å². The zero-order chi connectivity index (χ0) is 14.9. The summed E-state index contributed by atoms with van der Waals surface area (Å²) in [4.78, 5) is 12.0. The number of aromatic nitrogens is 3. The monoisotopic (exact) mass is 306 g/mol. The molecular formula is C17H14N4S. The van der Waals surface area contributed by atoms with E-state index in [1.807, 2.05) is 24.4 Å². The number of hydrogen-bond donors (Lipinski definition) is 2. The highest BCUT2D eigenvalue weighted by molar-refractivity contribution is 7.21. The molecule has 3 aromatic heterocycles. The fourth-order valence-electron chi connectivity index (χ4n) is 2.52. The number of aromatic amines is 1. The van der Waals surface area contributed by atoms with Gasteiger partial charge in [-0.3, -0.25) is 0 Å². The SMILES string of the molecule is Nc1ncccc1-c1nc2[nH]cc(Cc3ccccc3)c2s1. The van der Waals surface area contributed by atoms with E-state index in [2.05, 4.69) is 39.2 Å². The third-order valence-corrected chi connectivity index (χ3v) is 4.77. The minimum Gasteiger partial charge on any atom is -0.383 e. The van der Waals surface area contributed by atoms with Gasteiger partial charge < -0.3 is 10.7 Å². The number of fused-ring (bicyclic) bond motifs is 1. The van der Waals surface area contributed by atoms with Gasteiger partial charge >= 0.3 is 0 Å². The summed E-state index contributed by atoms with van der Waals surface area (Å²) in [5.74, 6) is 0.517. The third-order valence-electron chi connectivity index (χ3n) is 3.61. The zero-order valence-electron chi connectivity index (χ0n) is 11.8. The number of nitrogens with zero attached hydrogens (tertiary/aromatic N) is 2. The molecule has 3 N–H and O–H groups in total. The first-order valence-electron chi connectivity index (χ1n) is 7.03. The van der Waals surface area contributed by atoms with Crippen LogP contribution < -0.4 is 5.73 Å². The molecule has 0 atom stereocenters. The highest BCUT2D eigenvalue weighted by atomic mass is 32.1. The second-order valence-electron chi connectivity index (χ2n) is 5.11. The van der Waals surface area contributed by atoms with Gasteiger partial charge in [0.2, 0.25) is 0 Å². The van der Waals surface area contributed by atoms with Crippen LogP contribution in [0, 0.1) is 0 Å². The first kappa shape index (κ1) is 13.0. The number of anilines is 1. The Kier molecular flexibility index (Phi) is 3.12. The molecule has 0 fully saturated rings. The maximum atomic E-state index is 5.95. The highest BCUT2D eigenvalue weighted by Crippen LogP contribution is 2.34. The molecule has 22 heavy (non-hydrogen) atoms. The smallest absolute Gasteiger partial charge is 0.149 e. The van der Waals surface area contributed by atoms with E-state index in [0.29, 0.717) is 5.82 Å². The van der Waals surface area contributed by atoms with E-state index >= 15 is 0 Å². The summed E-state index contributed by atoms with van der Waals surface area (Å²) in [7, 11) is 0. The van der Waals surface area contributed by atoms with Crippen molar-refractivity contribution < 1.29 is 0 Å². The highest BCUT2D eigenvalue weighted by Gasteiger charge is 2.13. The number of nitrogens with two attached hydrogens (primary N) is 1. The van der Waals surface area contributed by atoms with Crippen molar-refractivity contribution >= 4 is 27.5 Å². The molecule has 0 radical (unpaired) electrons. The van der Waals surface area contributed by atoms with Crippen molar-refractivity contribution in [2.75, 3.05) is 5.73 Å². The van der Waals surface area contributed by atoms with E-state index in [1.54, 1.807) is 17.5 Å². The van der Waals surface area contributed by atoms with Gasteiger partial charge in [-0.05, 0) is 23.3 Å². The second-order valence-corrected chi connectivity index (χ2v) is 6.11. The molecule has 0 bridgehead atoms. The third kappa shape index (κ3) is 2.25. The molecule has 0 unspecified atom stereocenters. The van der Waals surface area contributed by atoms with Crippen molar-refractivity contribution in [2.45, 2.75) is 6.42 Å². The Hall–Kier alpha value is -2.66. The van der Waals surface area contributed by atoms with Gasteiger partial charge in [0.1, 0.15) is 16.5 Å². The van der Waals surface area contributed by atoms with E-state index in [-0.39, 0.29) is 0 Å². The Morgan fingerprint density at radius 2 is 1.95 bits per heavy atom. The lowest BCUT2D eigenvalue weighted by Gasteiger charge is -1.99. The van der Waals surface area contributed by atoms with Crippen molar-refractivity contribution in [1.82, 2.24) is 15.0 Å². The predicted molar refractivity (Wildman–Crippen MR) is 90.9 cm³/mol. The maximum absolute atomic E-state index is 5.95. The van der Waals surface area contributed by atoms with Crippen LogP contribution >= 0.6 is 11.3 Å². The fourth-order valence-corrected chi connectivity index (χ4v) is 3.59. The Bertz CT molecular complexity index is 924. The molecule has 0 aliphatic carbocycles. The van der Waals surface area contributed by atoms with Gasteiger partial charge in [0, 0.05) is 18.8 Å². The summed E-state index contributed by atoms with van der Waals surface area (Å²) >= 11 is 1.65. The van der Waals surface area contributed by atoms with Crippen LogP contribution in [0.5, 0.6) is 0 Å². The molecule has 4 nitrogen and oxygen atoms in total. The Morgan fingerprint density at radius 1 is 1.09 bits per heavy atom. The van der Waals surface area contributed by atoms with Crippen LogP contribution in [0.4, 0.5) is 5.82 Å². The average molecular weight is 306 g/mol. The Balaban J connectivity index is 1.75. The van der Waals surface area contributed by atoms with E-state index < -0.39 is 0 Å². The molecule has 0 aliphatic heterocycles. The quantitative estimate of drug-likeness (QED) is 0.604. The average Bonchev–Trinajstić information content (AvgIpc) is 3.11. The lowest BCUT2D eigenvalue weighted by molar-refractivity contribution is 1.21. The molecule has 1 aromatic carbocycles. The minimum absolute atomic E-state index is 0.517. The molecule has 0 aliphatic rings. The molecule has 0 saturated heterocycles. The van der Waals surface area contributed by atoms with Gasteiger partial charge in [0.05, 0.1) is 10.3 Å². The largest absolute Gasteiger partial charge is 0.383 e. The normalized spacial score (nSPS) is 11.1. The van der Waals surface area contributed by atoms with Crippen LogP contribution in [-0.2, 0) is 6.42 Å². The summed E-state index contributed by atoms with van der Waals surface area (Å²) in [6.45, 7) is 0. The van der Waals surface area contributed by atoms with Crippen molar-refractivity contribution in [1.29, 1.82) is 0 Å². The molecular weight excluding hydrogens is 292 g/mol. The first-order chi connectivity index (χ1) is 10.8. The molecule has 3 heterocycles. The summed E-state index contributed by atoms with van der Waals surface area (Å²) in [5.41, 5.74) is 10.3. The minimum atomic E-state index is 0.517. The van der Waals surface area contributed by atoms with Crippen LogP contribution in [0.1, 0.15) is 11.1 Å². The van der Waals surface area contributed by atoms with E-state index in [4.69, 9.17) is 5.73 Å². The van der Waals surface area contributed by atoms with Crippen molar-refractivity contribution in [2.24, 2.45) is 0 Å². The van der Waals surface area contributed by atoms with Gasteiger partial charge in [0.15, 0.2) is 0 Å². The van der Waals surface area contributed by atoms with E-state index in [9.17, 15) is 0 Å². The molecule has 4 aromatic rings. The van der Waals surface area contributed by atoms with Crippen molar-refractivity contribution in [3.8, 4) is 10.6 Å². The summed E-state index contributed by atoms with van der Waals surface area (Å²) < 4.78 is 1.18. The van der Waals surface area contributed by atoms with E-state index in [1.165, 1.54) is 15.8 Å². The van der Waals surface area contributed by atoms with Crippen LogP contribution in [0.2, 0.25) is 0 Å². The number of nitrogens with one attached hydrogen (secondary N) is 1. The lowest BCUT2D eigenvalue weighted by Crippen LogP contribution is -1.92. The first-order valence-corrected chi connectivity index (χ1v) is 7.84. The van der Waals surface area contributed by atoms with E-state index in [0.717, 1.165) is 22.6 Å². The summed E-state index contributed by atoms with van der Waals surface area (Å²) in [6.07, 6.45) is 4.63. The number of rotatable bonds is 3. The predicted octanol–water partition coefficient (Wildman–Crippen LogP) is 3.86. The molecule has 5 heteroatoms. The van der Waals surface area contributed by atoms with Crippen LogP contribution in [0.25, 0.3) is 20.9 Å². The summed E-state index contributed by atoms with van der Waals surface area (Å²) in [5, 5.41) is 0.904. The number of thiazole rings is 1. The zero-order valence-corrected chi connectivity index (χ0v) is 12.6. The van der Waals surface area contributed by atoms with Gasteiger partial charge in [-0.15, -0.1) is 11.3 Å². The Labute approximate surface area is 131 Å². The number of benzene rings is 1. The maximum Gasteiger partial charge on any atom is 0.149 e. The van der Waals surface area contributed by atoms with Gasteiger partial charge in [-0.2, -0.15) is 0 Å². The molecule has 0 spiro atoms. The summed E-state index contributed by atoms with van der Waals surface area (Å²) in [6, 6.07) is 14.3. The number of hydrogen-bond acceptors (Lipinski definition) is 4. The molecule has 4 rings (SSSR count). The Morgan fingerprint density at radius 3 is 2.77 bits per heavy atom.